The molecule has 6 nitrogen and oxygen atoms in total. The maximum Gasteiger partial charge on any atom is 0.329 e. The van der Waals surface area contributed by atoms with E-state index in [9.17, 15) is 9.59 Å². The number of hydrogen-bond acceptors (Lipinski definition) is 3. The maximum absolute atomic E-state index is 12.8. The summed E-state index contributed by atoms with van der Waals surface area (Å²) in [5.74, 6) is 0.575. The topological polar surface area (TPSA) is 73.3 Å². The molecule has 2 N–H and O–H groups in total. The van der Waals surface area contributed by atoms with Crippen molar-refractivity contribution in [2.75, 3.05) is 13.1 Å². The van der Waals surface area contributed by atoms with E-state index in [1.807, 2.05) is 36.1 Å². The fourth-order valence-corrected chi connectivity index (χ4v) is 3.76. The van der Waals surface area contributed by atoms with Gasteiger partial charge in [-0.2, -0.15) is 0 Å². The number of aromatic nitrogens is 2. The third kappa shape index (κ3) is 3.60. The first kappa shape index (κ1) is 19.5. The van der Waals surface area contributed by atoms with Crippen LogP contribution in [0.4, 0.5) is 0 Å². The molecule has 1 amide bonds. The second kappa shape index (κ2) is 8.06. The van der Waals surface area contributed by atoms with Crippen LogP contribution in [-0.2, 0) is 17.9 Å². The van der Waals surface area contributed by atoms with Crippen molar-refractivity contribution in [2.45, 2.75) is 45.8 Å². The molecule has 1 fully saturated rings. The van der Waals surface area contributed by atoms with Gasteiger partial charge in [0.25, 0.3) is 0 Å². The molecule has 2 atom stereocenters. The van der Waals surface area contributed by atoms with Crippen LogP contribution in [-0.4, -0.2) is 39.1 Å². The predicted molar refractivity (Wildman–Crippen MR) is 102 cm³/mol. The molecule has 2 unspecified atom stereocenters. The first-order valence-corrected chi connectivity index (χ1v) is 8.74. The van der Waals surface area contributed by atoms with E-state index in [1.165, 1.54) is 0 Å². The number of likely N-dealkylation sites (tertiary alicyclic amines) is 1. The molecular formula is C18H27ClN4O2. The van der Waals surface area contributed by atoms with Gasteiger partial charge in [-0.25, -0.2) is 4.79 Å². The Kier molecular flexibility index (Phi) is 6.30. The zero-order valence-electron chi connectivity index (χ0n) is 14.9. The Hall–Kier alpha value is -1.79. The molecule has 0 saturated carbocycles. The SMILES string of the molecule is CCn1c(=O)n(CC(=O)N2CCC(C)CC2CN)c2ccccc21.Cl. The number of nitrogens with zero attached hydrogens (tertiary/aromatic N) is 3. The molecule has 0 bridgehead atoms. The van der Waals surface area contributed by atoms with E-state index < -0.39 is 0 Å². The average Bonchev–Trinajstić information content (AvgIpc) is 2.86. The quantitative estimate of drug-likeness (QED) is 0.897. The Bertz CT molecular complexity index is 798. The highest BCUT2D eigenvalue weighted by atomic mass is 35.5. The van der Waals surface area contributed by atoms with Crippen molar-refractivity contribution in [2.24, 2.45) is 11.7 Å². The van der Waals surface area contributed by atoms with Crippen LogP contribution >= 0.6 is 12.4 Å². The Morgan fingerprint density at radius 2 is 1.88 bits per heavy atom. The molecule has 2 aromatic rings. The number of nitrogens with two attached hydrogens (primary N) is 1. The third-order valence-corrected chi connectivity index (χ3v) is 5.11. The second-order valence-corrected chi connectivity index (χ2v) is 6.71. The number of imidazole rings is 1. The van der Waals surface area contributed by atoms with Crippen LogP contribution in [0.5, 0.6) is 0 Å². The molecule has 1 aliphatic heterocycles. The fourth-order valence-electron chi connectivity index (χ4n) is 3.76. The highest BCUT2D eigenvalue weighted by molar-refractivity contribution is 5.85. The number of aryl methyl sites for hydroxylation is 1. The first-order valence-electron chi connectivity index (χ1n) is 8.74. The number of piperidine rings is 1. The van der Waals surface area contributed by atoms with Crippen molar-refractivity contribution in [3.8, 4) is 0 Å². The van der Waals surface area contributed by atoms with E-state index in [1.54, 1.807) is 9.13 Å². The molecule has 3 rings (SSSR count). The summed E-state index contributed by atoms with van der Waals surface area (Å²) in [7, 11) is 0. The molecule has 138 valence electrons. The Morgan fingerprint density at radius 1 is 1.24 bits per heavy atom. The lowest BCUT2D eigenvalue weighted by Crippen LogP contribution is -2.50. The number of carbonyl (C=O) groups is 1. The molecule has 1 aromatic carbocycles. The number of rotatable bonds is 4. The summed E-state index contributed by atoms with van der Waals surface area (Å²) in [6, 6.07) is 7.71. The number of benzene rings is 1. The van der Waals surface area contributed by atoms with Crippen molar-refractivity contribution in [1.29, 1.82) is 0 Å². The number of hydrogen-bond donors (Lipinski definition) is 1. The van der Waals surface area contributed by atoms with Crippen LogP contribution in [0.15, 0.2) is 29.1 Å². The van der Waals surface area contributed by atoms with E-state index in [0.717, 1.165) is 30.4 Å². The van der Waals surface area contributed by atoms with Gasteiger partial charge < -0.3 is 10.6 Å². The molecule has 0 radical (unpaired) electrons. The molecule has 7 heteroatoms. The van der Waals surface area contributed by atoms with Gasteiger partial charge in [-0.15, -0.1) is 12.4 Å². The van der Waals surface area contributed by atoms with E-state index >= 15 is 0 Å². The first-order chi connectivity index (χ1) is 11.6. The van der Waals surface area contributed by atoms with Gasteiger partial charge in [0, 0.05) is 25.7 Å². The molecule has 0 spiro atoms. The van der Waals surface area contributed by atoms with Gasteiger partial charge in [-0.1, -0.05) is 19.1 Å². The van der Waals surface area contributed by atoms with E-state index in [0.29, 0.717) is 19.0 Å². The van der Waals surface area contributed by atoms with Gasteiger partial charge in [-0.05, 0) is 37.8 Å². The van der Waals surface area contributed by atoms with Gasteiger partial charge in [0.1, 0.15) is 6.54 Å². The summed E-state index contributed by atoms with van der Waals surface area (Å²) >= 11 is 0. The monoisotopic (exact) mass is 366 g/mol. The Morgan fingerprint density at radius 3 is 2.48 bits per heavy atom. The number of amides is 1. The Labute approximate surface area is 154 Å². The summed E-state index contributed by atoms with van der Waals surface area (Å²) in [4.78, 5) is 27.4. The lowest BCUT2D eigenvalue weighted by Gasteiger charge is -2.38. The molecular weight excluding hydrogens is 340 g/mol. The molecule has 25 heavy (non-hydrogen) atoms. The molecule has 0 aliphatic carbocycles. The van der Waals surface area contributed by atoms with Crippen molar-refractivity contribution >= 4 is 29.3 Å². The zero-order chi connectivity index (χ0) is 17.3. The number of halogens is 1. The number of para-hydroxylation sites is 2. The number of fused-ring (bicyclic) bond motifs is 1. The second-order valence-electron chi connectivity index (χ2n) is 6.71. The van der Waals surface area contributed by atoms with E-state index in [2.05, 4.69) is 6.92 Å². The summed E-state index contributed by atoms with van der Waals surface area (Å²) < 4.78 is 3.30. The van der Waals surface area contributed by atoms with E-state index in [-0.39, 0.29) is 36.6 Å². The standard InChI is InChI=1S/C18H26N4O2.ClH/c1-3-20-15-6-4-5-7-16(15)22(18(20)24)12-17(23)21-9-8-13(2)10-14(21)11-19;/h4-7,13-14H,3,8-12,19H2,1-2H3;1H. The van der Waals surface area contributed by atoms with Crippen LogP contribution in [0, 0.1) is 5.92 Å². The minimum atomic E-state index is -0.123. The fraction of sp³-hybridized carbons (Fsp3) is 0.556. The van der Waals surface area contributed by atoms with Crippen LogP contribution in [0.3, 0.4) is 0 Å². The molecule has 2 heterocycles. The van der Waals surface area contributed by atoms with Crippen LogP contribution < -0.4 is 11.4 Å². The van der Waals surface area contributed by atoms with Crippen molar-refractivity contribution in [1.82, 2.24) is 14.0 Å². The third-order valence-electron chi connectivity index (χ3n) is 5.11. The lowest BCUT2D eigenvalue weighted by molar-refractivity contribution is -0.135. The van der Waals surface area contributed by atoms with Crippen molar-refractivity contribution < 1.29 is 4.79 Å². The molecule has 1 saturated heterocycles. The van der Waals surface area contributed by atoms with Gasteiger partial charge in [0.05, 0.1) is 11.0 Å². The predicted octanol–water partition coefficient (Wildman–Crippen LogP) is 1.83. The molecule has 1 aliphatic rings. The summed E-state index contributed by atoms with van der Waals surface area (Å²) in [5.41, 5.74) is 7.43. The van der Waals surface area contributed by atoms with Crippen LogP contribution in [0.2, 0.25) is 0 Å². The van der Waals surface area contributed by atoms with E-state index in [4.69, 9.17) is 5.73 Å². The number of carbonyl (C=O) groups excluding carboxylic acids is 1. The van der Waals surface area contributed by atoms with Gasteiger partial charge in [0.2, 0.25) is 5.91 Å². The van der Waals surface area contributed by atoms with Gasteiger partial charge >= 0.3 is 5.69 Å². The smallest absolute Gasteiger partial charge is 0.329 e. The zero-order valence-corrected chi connectivity index (χ0v) is 15.7. The lowest BCUT2D eigenvalue weighted by atomic mass is 9.92. The van der Waals surface area contributed by atoms with Crippen LogP contribution in [0.1, 0.15) is 26.7 Å². The normalized spacial score (nSPS) is 20.5. The molecule has 1 aromatic heterocycles. The van der Waals surface area contributed by atoms with Crippen LogP contribution in [0.25, 0.3) is 11.0 Å². The highest BCUT2D eigenvalue weighted by Gasteiger charge is 2.29. The average molecular weight is 367 g/mol. The van der Waals surface area contributed by atoms with Gasteiger partial charge in [0.15, 0.2) is 0 Å². The largest absolute Gasteiger partial charge is 0.337 e. The highest BCUT2D eigenvalue weighted by Crippen LogP contribution is 2.22. The summed E-state index contributed by atoms with van der Waals surface area (Å²) in [6.07, 6.45) is 1.93. The summed E-state index contributed by atoms with van der Waals surface area (Å²) in [5, 5.41) is 0. The maximum atomic E-state index is 12.8. The van der Waals surface area contributed by atoms with Gasteiger partial charge in [-0.3, -0.25) is 13.9 Å². The Balaban J connectivity index is 0.00000225. The van der Waals surface area contributed by atoms with Crippen molar-refractivity contribution in [3.63, 3.8) is 0 Å². The summed E-state index contributed by atoms with van der Waals surface area (Å²) in [6.45, 7) is 6.01. The van der Waals surface area contributed by atoms with Crippen molar-refractivity contribution in [3.05, 3.63) is 34.7 Å². The minimum Gasteiger partial charge on any atom is -0.337 e. The minimum absolute atomic E-state index is 0.